The van der Waals surface area contributed by atoms with Crippen molar-refractivity contribution in [1.82, 2.24) is 4.57 Å². The lowest BCUT2D eigenvalue weighted by molar-refractivity contribution is 0.251. The van der Waals surface area contributed by atoms with Gasteiger partial charge in [-0.05, 0) is 36.4 Å². The van der Waals surface area contributed by atoms with E-state index in [2.05, 4.69) is 10.6 Å². The number of carbonyl (C=O) groups is 2. The standard InChI is InChI=1S/C20H14ClFN4O2S/c21-14-8-12(5-6-15(14)22)24-20(28)25-13-9-18(29-10-13)17-7-11-3-1-2-4-16(11)26(17)19(23)27/h1-10H,(H2,23,27)(H2,24,25,28). The summed E-state index contributed by atoms with van der Waals surface area (Å²) in [5, 5.41) is 7.82. The fourth-order valence-electron chi connectivity index (χ4n) is 2.98. The highest BCUT2D eigenvalue weighted by Gasteiger charge is 2.16. The molecule has 2 aromatic heterocycles. The Kier molecular flexibility index (Phi) is 4.96. The van der Waals surface area contributed by atoms with E-state index in [-0.39, 0.29) is 5.02 Å². The summed E-state index contributed by atoms with van der Waals surface area (Å²) in [6.45, 7) is 0. The Morgan fingerprint density at radius 1 is 1.03 bits per heavy atom. The highest BCUT2D eigenvalue weighted by atomic mass is 35.5. The number of nitrogens with one attached hydrogen (secondary N) is 2. The van der Waals surface area contributed by atoms with Crippen LogP contribution in [0.15, 0.2) is 60.0 Å². The van der Waals surface area contributed by atoms with E-state index in [4.69, 9.17) is 17.3 Å². The average molecular weight is 429 g/mol. The first-order valence-electron chi connectivity index (χ1n) is 8.44. The number of anilines is 2. The molecule has 0 saturated heterocycles. The fourth-order valence-corrected chi connectivity index (χ4v) is 4.00. The van der Waals surface area contributed by atoms with E-state index in [0.717, 1.165) is 10.3 Å². The molecule has 0 spiro atoms. The number of amides is 3. The first-order chi connectivity index (χ1) is 13.9. The summed E-state index contributed by atoms with van der Waals surface area (Å²) in [6, 6.07) is 13.8. The van der Waals surface area contributed by atoms with Crippen LogP contribution >= 0.6 is 22.9 Å². The maximum atomic E-state index is 13.2. The van der Waals surface area contributed by atoms with Gasteiger partial charge in [0.05, 0.1) is 26.8 Å². The van der Waals surface area contributed by atoms with Crippen molar-refractivity contribution in [3.05, 3.63) is 70.8 Å². The summed E-state index contributed by atoms with van der Waals surface area (Å²) in [5.41, 5.74) is 7.82. The largest absolute Gasteiger partial charge is 0.351 e. The van der Waals surface area contributed by atoms with E-state index >= 15 is 0 Å². The Hall–Kier alpha value is -3.36. The zero-order valence-corrected chi connectivity index (χ0v) is 16.4. The van der Waals surface area contributed by atoms with Crippen LogP contribution in [-0.4, -0.2) is 16.6 Å². The zero-order valence-electron chi connectivity index (χ0n) is 14.8. The number of hydrogen-bond donors (Lipinski definition) is 3. The molecule has 0 unspecified atom stereocenters. The molecule has 2 aromatic carbocycles. The topological polar surface area (TPSA) is 89.2 Å². The number of primary amides is 1. The van der Waals surface area contributed by atoms with Gasteiger partial charge in [0.1, 0.15) is 5.82 Å². The van der Waals surface area contributed by atoms with Crippen molar-refractivity contribution >= 4 is 57.3 Å². The third-order valence-electron chi connectivity index (χ3n) is 4.22. The van der Waals surface area contributed by atoms with Crippen LogP contribution in [0.3, 0.4) is 0 Å². The van der Waals surface area contributed by atoms with Gasteiger partial charge < -0.3 is 16.4 Å². The monoisotopic (exact) mass is 428 g/mol. The van der Waals surface area contributed by atoms with E-state index < -0.39 is 17.9 Å². The highest BCUT2D eigenvalue weighted by Crippen LogP contribution is 2.34. The van der Waals surface area contributed by atoms with Gasteiger partial charge in [-0.1, -0.05) is 29.8 Å². The molecule has 4 N–H and O–H groups in total. The molecule has 0 radical (unpaired) electrons. The normalized spacial score (nSPS) is 10.8. The molecule has 146 valence electrons. The first-order valence-corrected chi connectivity index (χ1v) is 9.70. The van der Waals surface area contributed by atoms with Crippen LogP contribution in [0.25, 0.3) is 21.5 Å². The second-order valence-corrected chi connectivity index (χ2v) is 7.49. The molecule has 29 heavy (non-hydrogen) atoms. The SMILES string of the molecule is NC(=O)n1c(-c2cc(NC(=O)Nc3ccc(F)c(Cl)c3)cs2)cc2ccccc21. The Bertz CT molecular complexity index is 1250. The number of rotatable bonds is 3. The number of halogens is 2. The predicted octanol–water partition coefficient (Wildman–Crippen LogP) is 5.73. The second kappa shape index (κ2) is 7.57. The van der Waals surface area contributed by atoms with Gasteiger partial charge in [0.25, 0.3) is 0 Å². The van der Waals surface area contributed by atoms with Gasteiger partial charge in [-0.15, -0.1) is 11.3 Å². The summed E-state index contributed by atoms with van der Waals surface area (Å²) >= 11 is 7.08. The van der Waals surface area contributed by atoms with Crippen molar-refractivity contribution in [3.63, 3.8) is 0 Å². The molecule has 9 heteroatoms. The molecule has 4 aromatic rings. The Morgan fingerprint density at radius 2 is 1.79 bits per heavy atom. The number of fused-ring (bicyclic) bond motifs is 1. The van der Waals surface area contributed by atoms with Crippen molar-refractivity contribution in [1.29, 1.82) is 0 Å². The van der Waals surface area contributed by atoms with Crippen LogP contribution in [0, 0.1) is 5.82 Å². The lowest BCUT2D eigenvalue weighted by Gasteiger charge is -2.07. The molecular weight excluding hydrogens is 415 g/mol. The summed E-state index contributed by atoms with van der Waals surface area (Å²) in [4.78, 5) is 25.0. The maximum absolute atomic E-state index is 13.2. The minimum absolute atomic E-state index is 0.0834. The van der Waals surface area contributed by atoms with Crippen LogP contribution in [0.4, 0.5) is 25.4 Å². The molecular formula is C20H14ClFN4O2S. The molecule has 0 aliphatic heterocycles. The van der Waals surface area contributed by atoms with Gasteiger partial charge in [0.15, 0.2) is 0 Å². The summed E-state index contributed by atoms with van der Waals surface area (Å²) in [6.07, 6.45) is 0. The lowest BCUT2D eigenvalue weighted by atomic mass is 10.2. The van der Waals surface area contributed by atoms with E-state index in [1.54, 1.807) is 11.4 Å². The molecule has 0 saturated carbocycles. The first kappa shape index (κ1) is 19.0. The van der Waals surface area contributed by atoms with E-state index in [1.165, 1.54) is 34.1 Å². The fraction of sp³-hybridized carbons (Fsp3) is 0. The summed E-state index contributed by atoms with van der Waals surface area (Å²) < 4.78 is 14.7. The smallest absolute Gasteiger partial charge is 0.323 e. The second-order valence-electron chi connectivity index (χ2n) is 6.17. The number of benzene rings is 2. The molecule has 0 fully saturated rings. The minimum atomic E-state index is -0.588. The molecule has 4 rings (SSSR count). The average Bonchev–Trinajstić information content (AvgIpc) is 3.28. The van der Waals surface area contributed by atoms with E-state index in [0.29, 0.717) is 22.6 Å². The molecule has 2 heterocycles. The van der Waals surface area contributed by atoms with Crippen molar-refractivity contribution in [2.24, 2.45) is 5.73 Å². The van der Waals surface area contributed by atoms with Crippen molar-refractivity contribution in [3.8, 4) is 10.6 Å². The number of nitrogens with zero attached hydrogens (tertiary/aromatic N) is 1. The lowest BCUT2D eigenvalue weighted by Crippen LogP contribution is -2.20. The van der Waals surface area contributed by atoms with Crippen LogP contribution in [0.5, 0.6) is 0 Å². The quantitative estimate of drug-likeness (QED) is 0.388. The Balaban J connectivity index is 1.56. The van der Waals surface area contributed by atoms with Crippen LogP contribution < -0.4 is 16.4 Å². The minimum Gasteiger partial charge on any atom is -0.351 e. The van der Waals surface area contributed by atoms with Crippen molar-refractivity contribution in [2.75, 3.05) is 10.6 Å². The third-order valence-corrected chi connectivity index (χ3v) is 5.46. The summed E-state index contributed by atoms with van der Waals surface area (Å²) in [5.74, 6) is -0.565. The predicted molar refractivity (Wildman–Crippen MR) is 114 cm³/mol. The van der Waals surface area contributed by atoms with E-state index in [9.17, 15) is 14.0 Å². The van der Waals surface area contributed by atoms with Crippen molar-refractivity contribution < 1.29 is 14.0 Å². The molecule has 0 bridgehead atoms. The maximum Gasteiger partial charge on any atom is 0.323 e. The molecule has 0 aliphatic rings. The zero-order chi connectivity index (χ0) is 20.5. The van der Waals surface area contributed by atoms with Gasteiger partial charge in [-0.3, -0.25) is 4.57 Å². The van der Waals surface area contributed by atoms with Crippen LogP contribution in [0.1, 0.15) is 0 Å². The Labute approximate surface area is 173 Å². The number of urea groups is 1. The number of aromatic nitrogens is 1. The third kappa shape index (κ3) is 3.80. The van der Waals surface area contributed by atoms with Gasteiger partial charge in [0, 0.05) is 16.5 Å². The number of thiophene rings is 1. The van der Waals surface area contributed by atoms with E-state index in [1.807, 2.05) is 30.3 Å². The number of para-hydroxylation sites is 1. The van der Waals surface area contributed by atoms with Crippen LogP contribution in [-0.2, 0) is 0 Å². The highest BCUT2D eigenvalue weighted by molar-refractivity contribution is 7.14. The van der Waals surface area contributed by atoms with Gasteiger partial charge >= 0.3 is 12.1 Å². The molecule has 6 nitrogen and oxygen atoms in total. The molecule has 0 atom stereocenters. The van der Waals surface area contributed by atoms with Gasteiger partial charge in [-0.25, -0.2) is 14.0 Å². The Morgan fingerprint density at radius 3 is 2.55 bits per heavy atom. The molecule has 3 amide bonds. The van der Waals surface area contributed by atoms with Gasteiger partial charge in [0.2, 0.25) is 0 Å². The van der Waals surface area contributed by atoms with Crippen molar-refractivity contribution in [2.45, 2.75) is 0 Å². The summed E-state index contributed by atoms with van der Waals surface area (Å²) in [7, 11) is 0. The van der Waals surface area contributed by atoms with Crippen LogP contribution in [0.2, 0.25) is 5.02 Å². The number of hydrogen-bond acceptors (Lipinski definition) is 3. The number of nitrogens with two attached hydrogens (primary N) is 1. The molecule has 0 aliphatic carbocycles. The van der Waals surface area contributed by atoms with Gasteiger partial charge in [-0.2, -0.15) is 0 Å². The number of carbonyl (C=O) groups excluding carboxylic acids is 2.